The van der Waals surface area contributed by atoms with Crippen LogP contribution in [0.3, 0.4) is 0 Å². The summed E-state index contributed by atoms with van der Waals surface area (Å²) in [4.78, 5) is 11.6. The number of aromatic amines is 1. The van der Waals surface area contributed by atoms with E-state index in [1.807, 2.05) is 0 Å². The maximum atomic E-state index is 5.45. The maximum Gasteiger partial charge on any atom is 0.238 e. The van der Waals surface area contributed by atoms with Crippen molar-refractivity contribution >= 4 is 0 Å². The molecule has 6 heteroatoms. The third-order valence-electron chi connectivity index (χ3n) is 3.41. The first-order chi connectivity index (χ1) is 9.63. The molecule has 20 heavy (non-hydrogen) atoms. The Morgan fingerprint density at radius 3 is 2.75 bits per heavy atom. The van der Waals surface area contributed by atoms with E-state index in [9.17, 15) is 0 Å². The van der Waals surface area contributed by atoms with Crippen LogP contribution < -0.4 is 5.32 Å². The molecule has 2 N–H and O–H groups in total. The Bertz CT molecular complexity index is 505. The smallest absolute Gasteiger partial charge is 0.238 e. The fraction of sp³-hybridized carbons (Fsp3) is 0.643. The molecule has 0 aliphatic heterocycles. The molecular formula is C14H23N5O. The van der Waals surface area contributed by atoms with Gasteiger partial charge in [-0.2, -0.15) is 4.98 Å². The van der Waals surface area contributed by atoms with E-state index in [2.05, 4.69) is 53.1 Å². The van der Waals surface area contributed by atoms with Gasteiger partial charge in [0.25, 0.3) is 0 Å². The number of H-pyrrole nitrogens is 1. The zero-order valence-corrected chi connectivity index (χ0v) is 12.6. The molecule has 0 aromatic carbocycles. The van der Waals surface area contributed by atoms with Crippen molar-refractivity contribution in [2.75, 3.05) is 6.54 Å². The van der Waals surface area contributed by atoms with E-state index >= 15 is 0 Å². The number of aromatic nitrogens is 4. The molecule has 0 radical (unpaired) electrons. The van der Waals surface area contributed by atoms with Gasteiger partial charge < -0.3 is 14.8 Å². The fourth-order valence-corrected chi connectivity index (χ4v) is 2.43. The van der Waals surface area contributed by atoms with Gasteiger partial charge in [-0.25, -0.2) is 4.98 Å². The zero-order chi connectivity index (χ0) is 14.5. The molecule has 0 amide bonds. The number of hydrogen-bond acceptors (Lipinski definition) is 5. The highest BCUT2D eigenvalue weighted by molar-refractivity contribution is 5.40. The van der Waals surface area contributed by atoms with Crippen molar-refractivity contribution in [1.29, 1.82) is 0 Å². The van der Waals surface area contributed by atoms with Crippen molar-refractivity contribution < 1.29 is 4.52 Å². The van der Waals surface area contributed by atoms with Crippen LogP contribution in [0.15, 0.2) is 16.9 Å². The highest BCUT2D eigenvalue weighted by Crippen LogP contribution is 2.27. The lowest BCUT2D eigenvalue weighted by Crippen LogP contribution is -2.35. The minimum absolute atomic E-state index is 0.192. The topological polar surface area (TPSA) is 79.6 Å². The van der Waals surface area contributed by atoms with Gasteiger partial charge in [-0.1, -0.05) is 25.9 Å². The molecule has 0 fully saturated rings. The Hall–Kier alpha value is -1.69. The summed E-state index contributed by atoms with van der Waals surface area (Å²) in [6.07, 6.45) is 4.53. The van der Waals surface area contributed by atoms with E-state index in [1.165, 1.54) is 0 Å². The van der Waals surface area contributed by atoms with Crippen molar-refractivity contribution in [3.05, 3.63) is 18.3 Å². The maximum absolute atomic E-state index is 5.45. The quantitative estimate of drug-likeness (QED) is 0.813. The first-order valence-corrected chi connectivity index (χ1v) is 7.20. The number of hydrogen-bond donors (Lipinski definition) is 2. The second kappa shape index (κ2) is 6.65. The SMILES string of the molecule is CCCNC(C)C(c1nc(-c2ncc[nH]2)no1)C(C)C. The van der Waals surface area contributed by atoms with Crippen molar-refractivity contribution in [2.24, 2.45) is 5.92 Å². The van der Waals surface area contributed by atoms with Gasteiger partial charge in [0.05, 0.1) is 5.92 Å². The third kappa shape index (κ3) is 3.25. The minimum atomic E-state index is 0.192. The standard InChI is InChI=1S/C14H23N5O/c1-5-6-15-10(4)11(9(2)3)14-18-13(19-20-14)12-16-7-8-17-12/h7-11,15H,5-6H2,1-4H3,(H,16,17). The highest BCUT2D eigenvalue weighted by atomic mass is 16.5. The lowest BCUT2D eigenvalue weighted by Gasteiger charge is -2.24. The molecule has 2 unspecified atom stereocenters. The third-order valence-corrected chi connectivity index (χ3v) is 3.41. The van der Waals surface area contributed by atoms with E-state index in [0.29, 0.717) is 29.5 Å². The Kier molecular flexibility index (Phi) is 4.89. The van der Waals surface area contributed by atoms with Gasteiger partial charge in [0.15, 0.2) is 5.82 Å². The van der Waals surface area contributed by atoms with E-state index in [-0.39, 0.29) is 5.92 Å². The van der Waals surface area contributed by atoms with Crippen LogP contribution in [0.5, 0.6) is 0 Å². The van der Waals surface area contributed by atoms with Crippen LogP contribution in [0.1, 0.15) is 45.9 Å². The zero-order valence-electron chi connectivity index (χ0n) is 12.6. The molecule has 6 nitrogen and oxygen atoms in total. The highest BCUT2D eigenvalue weighted by Gasteiger charge is 2.28. The normalized spacial score (nSPS) is 14.7. The van der Waals surface area contributed by atoms with Crippen LogP contribution in [0.2, 0.25) is 0 Å². The fourth-order valence-electron chi connectivity index (χ4n) is 2.43. The van der Waals surface area contributed by atoms with Gasteiger partial charge in [-0.15, -0.1) is 0 Å². The predicted molar refractivity (Wildman–Crippen MR) is 77.2 cm³/mol. The first-order valence-electron chi connectivity index (χ1n) is 7.20. The largest absolute Gasteiger partial charge is 0.342 e. The molecule has 2 rings (SSSR count). The van der Waals surface area contributed by atoms with Crippen molar-refractivity contribution in [3.63, 3.8) is 0 Å². The first kappa shape index (κ1) is 14.7. The number of nitrogens with zero attached hydrogens (tertiary/aromatic N) is 3. The van der Waals surface area contributed by atoms with Crippen LogP contribution >= 0.6 is 0 Å². The molecule has 0 aliphatic carbocycles. The summed E-state index contributed by atoms with van der Waals surface area (Å²) in [5, 5.41) is 7.52. The summed E-state index contributed by atoms with van der Waals surface area (Å²) < 4.78 is 5.45. The molecule has 0 spiro atoms. The average Bonchev–Trinajstić information content (AvgIpc) is 3.06. The molecular weight excluding hydrogens is 254 g/mol. The van der Waals surface area contributed by atoms with E-state index in [1.54, 1.807) is 12.4 Å². The van der Waals surface area contributed by atoms with Crippen molar-refractivity contribution in [2.45, 2.75) is 46.1 Å². The average molecular weight is 277 g/mol. The summed E-state index contributed by atoms with van der Waals surface area (Å²) in [6, 6.07) is 0.292. The van der Waals surface area contributed by atoms with Crippen molar-refractivity contribution in [1.82, 2.24) is 25.4 Å². The van der Waals surface area contributed by atoms with Crippen LogP contribution in [-0.4, -0.2) is 32.7 Å². The molecule has 2 aromatic rings. The Balaban J connectivity index is 2.17. The number of imidazole rings is 1. The van der Waals surface area contributed by atoms with Crippen molar-refractivity contribution in [3.8, 4) is 11.6 Å². The van der Waals surface area contributed by atoms with Gasteiger partial charge >= 0.3 is 0 Å². The molecule has 2 heterocycles. The molecule has 0 saturated carbocycles. The van der Waals surface area contributed by atoms with Crippen LogP contribution in [-0.2, 0) is 0 Å². The predicted octanol–water partition coefficient (Wildman–Crippen LogP) is 2.59. The summed E-state index contributed by atoms with van der Waals surface area (Å²) in [6.45, 7) is 9.66. The number of nitrogens with one attached hydrogen (secondary N) is 2. The molecule has 0 aliphatic rings. The Morgan fingerprint density at radius 1 is 1.35 bits per heavy atom. The molecule has 2 atom stereocenters. The molecule has 0 saturated heterocycles. The summed E-state index contributed by atoms with van der Waals surface area (Å²) in [5.74, 6) is 2.43. The summed E-state index contributed by atoms with van der Waals surface area (Å²) in [7, 11) is 0. The Labute approximate surface area is 119 Å². The van der Waals surface area contributed by atoms with Crippen LogP contribution in [0, 0.1) is 5.92 Å². The lowest BCUT2D eigenvalue weighted by atomic mass is 9.89. The lowest BCUT2D eigenvalue weighted by molar-refractivity contribution is 0.280. The second-order valence-electron chi connectivity index (χ2n) is 5.41. The second-order valence-corrected chi connectivity index (χ2v) is 5.41. The summed E-state index contributed by atoms with van der Waals surface area (Å²) in [5.41, 5.74) is 0. The molecule has 2 aromatic heterocycles. The van der Waals surface area contributed by atoms with Crippen LogP contribution in [0.25, 0.3) is 11.6 Å². The monoisotopic (exact) mass is 277 g/mol. The van der Waals surface area contributed by atoms with Gasteiger partial charge in [-0.05, 0) is 25.8 Å². The van der Waals surface area contributed by atoms with E-state index in [0.717, 1.165) is 13.0 Å². The van der Waals surface area contributed by atoms with Gasteiger partial charge in [0.2, 0.25) is 11.7 Å². The van der Waals surface area contributed by atoms with Gasteiger partial charge in [0, 0.05) is 18.4 Å². The molecule has 110 valence electrons. The Morgan fingerprint density at radius 2 is 2.15 bits per heavy atom. The van der Waals surface area contributed by atoms with Gasteiger partial charge in [-0.3, -0.25) is 0 Å². The van der Waals surface area contributed by atoms with E-state index < -0.39 is 0 Å². The molecule has 0 bridgehead atoms. The van der Waals surface area contributed by atoms with Crippen LogP contribution in [0.4, 0.5) is 0 Å². The number of rotatable bonds is 7. The van der Waals surface area contributed by atoms with E-state index in [4.69, 9.17) is 4.52 Å². The summed E-state index contributed by atoms with van der Waals surface area (Å²) >= 11 is 0. The van der Waals surface area contributed by atoms with Gasteiger partial charge in [0.1, 0.15) is 0 Å². The minimum Gasteiger partial charge on any atom is -0.342 e.